The molecule has 2 aliphatic carbocycles. The topological polar surface area (TPSA) is 125 Å². The number of methoxy groups -OCH3 is 1. The molecule has 2 saturated carbocycles. The van der Waals surface area contributed by atoms with Gasteiger partial charge in [0.1, 0.15) is 22.8 Å². The molecule has 3 aromatic rings. The first-order valence-corrected chi connectivity index (χ1v) is 11.6. The van der Waals surface area contributed by atoms with Crippen molar-refractivity contribution in [3.63, 3.8) is 0 Å². The van der Waals surface area contributed by atoms with Gasteiger partial charge in [-0.15, -0.1) is 0 Å². The second-order valence-electron chi connectivity index (χ2n) is 9.22. The van der Waals surface area contributed by atoms with Crippen LogP contribution in [0, 0.1) is 11.8 Å². The number of aromatic nitrogens is 2. The van der Waals surface area contributed by atoms with Crippen LogP contribution in [0.25, 0.3) is 11.3 Å². The summed E-state index contributed by atoms with van der Waals surface area (Å²) in [5.74, 6) is 1.70. The Labute approximate surface area is 198 Å². The van der Waals surface area contributed by atoms with E-state index in [1.807, 2.05) is 35.0 Å². The minimum Gasteiger partial charge on any atom is -0.496 e. The fraction of sp³-hybridized carbons (Fsp3) is 0.346. The standard InChI is InChI=1S/C26H29N5O3/c1-34-21-5-3-2-4-20(21)26(33)29-14-15-6-8-16(9-7-15)23-22(25(28)32)24(27)31(30-23)19-11-10-17-12-18(17)13-19/h2-9,17-19H,10-14,27H2,1H3,(H2,28,32)(H,29,33)/t17?,18-,19?/m1/s1. The van der Waals surface area contributed by atoms with Crippen molar-refractivity contribution in [1.82, 2.24) is 15.1 Å². The van der Waals surface area contributed by atoms with Crippen molar-refractivity contribution in [2.45, 2.75) is 38.3 Å². The van der Waals surface area contributed by atoms with Crippen molar-refractivity contribution >= 4 is 17.6 Å². The second-order valence-corrected chi connectivity index (χ2v) is 9.22. The highest BCUT2D eigenvalue weighted by molar-refractivity contribution is 6.03. The van der Waals surface area contributed by atoms with Crippen molar-refractivity contribution < 1.29 is 14.3 Å². The zero-order chi connectivity index (χ0) is 23.8. The molecule has 5 N–H and O–H groups in total. The number of nitrogen functional groups attached to an aromatic ring is 1. The van der Waals surface area contributed by atoms with Crippen LogP contribution in [0.5, 0.6) is 5.75 Å². The number of amides is 2. The lowest BCUT2D eigenvalue weighted by atomic mass is 9.95. The first-order valence-electron chi connectivity index (χ1n) is 11.6. The Kier molecular flexibility index (Phi) is 5.73. The van der Waals surface area contributed by atoms with Gasteiger partial charge >= 0.3 is 0 Å². The maximum Gasteiger partial charge on any atom is 0.255 e. The van der Waals surface area contributed by atoms with Crippen LogP contribution in [0.15, 0.2) is 48.5 Å². The summed E-state index contributed by atoms with van der Waals surface area (Å²) in [5, 5.41) is 7.66. The average Bonchev–Trinajstić information content (AvgIpc) is 3.55. The number of anilines is 1. The summed E-state index contributed by atoms with van der Waals surface area (Å²) < 4.78 is 7.07. The monoisotopic (exact) mass is 459 g/mol. The van der Waals surface area contributed by atoms with E-state index < -0.39 is 5.91 Å². The Morgan fingerprint density at radius 2 is 1.85 bits per heavy atom. The molecular weight excluding hydrogens is 430 g/mol. The number of nitrogens with two attached hydrogens (primary N) is 2. The van der Waals surface area contributed by atoms with Gasteiger partial charge in [0.25, 0.3) is 11.8 Å². The lowest BCUT2D eigenvalue weighted by Gasteiger charge is -2.22. The highest BCUT2D eigenvalue weighted by Crippen LogP contribution is 2.53. The van der Waals surface area contributed by atoms with E-state index in [-0.39, 0.29) is 17.5 Å². The normalized spacial score (nSPS) is 20.9. The highest BCUT2D eigenvalue weighted by atomic mass is 16.5. The minimum absolute atomic E-state index is 0.208. The van der Waals surface area contributed by atoms with Gasteiger partial charge < -0.3 is 21.5 Å². The number of ether oxygens (including phenoxy) is 1. The van der Waals surface area contributed by atoms with Gasteiger partial charge in [-0.2, -0.15) is 5.10 Å². The maximum absolute atomic E-state index is 12.6. The molecule has 0 aliphatic heterocycles. The zero-order valence-corrected chi connectivity index (χ0v) is 19.2. The Morgan fingerprint density at radius 1 is 1.09 bits per heavy atom. The average molecular weight is 460 g/mol. The molecule has 2 aromatic carbocycles. The molecule has 8 heteroatoms. The summed E-state index contributed by atoms with van der Waals surface area (Å²) in [5.41, 5.74) is 15.0. The van der Waals surface area contributed by atoms with E-state index in [4.69, 9.17) is 21.3 Å². The number of hydrogen-bond acceptors (Lipinski definition) is 5. The Bertz CT molecular complexity index is 1230. The van der Waals surface area contributed by atoms with E-state index >= 15 is 0 Å². The fourth-order valence-electron chi connectivity index (χ4n) is 5.11. The van der Waals surface area contributed by atoms with Gasteiger partial charge in [0.2, 0.25) is 0 Å². The molecule has 0 bridgehead atoms. The molecule has 176 valence electrons. The number of nitrogens with zero attached hydrogens (tertiary/aromatic N) is 2. The van der Waals surface area contributed by atoms with Gasteiger partial charge in [-0.05, 0) is 55.2 Å². The van der Waals surface area contributed by atoms with Crippen LogP contribution in [-0.2, 0) is 6.54 Å². The number of nitrogens with one attached hydrogen (secondary N) is 1. The summed E-state index contributed by atoms with van der Waals surface area (Å²) in [6.07, 6.45) is 4.56. The van der Waals surface area contributed by atoms with Gasteiger partial charge in [0, 0.05) is 12.1 Å². The van der Waals surface area contributed by atoms with Gasteiger partial charge in [-0.3, -0.25) is 9.59 Å². The number of fused-ring (bicyclic) bond motifs is 1. The van der Waals surface area contributed by atoms with E-state index in [0.29, 0.717) is 29.4 Å². The largest absolute Gasteiger partial charge is 0.496 e. The van der Waals surface area contributed by atoms with E-state index in [1.165, 1.54) is 20.0 Å². The maximum atomic E-state index is 12.6. The van der Waals surface area contributed by atoms with Gasteiger partial charge in [-0.25, -0.2) is 4.68 Å². The molecule has 0 saturated heterocycles. The van der Waals surface area contributed by atoms with Gasteiger partial charge in [0.05, 0.1) is 18.7 Å². The minimum atomic E-state index is -0.577. The van der Waals surface area contributed by atoms with E-state index in [9.17, 15) is 9.59 Å². The molecular formula is C26H29N5O3. The van der Waals surface area contributed by atoms with Crippen LogP contribution in [0.2, 0.25) is 0 Å². The molecule has 5 rings (SSSR count). The lowest BCUT2D eigenvalue weighted by molar-refractivity contribution is 0.0946. The molecule has 1 heterocycles. The predicted molar refractivity (Wildman–Crippen MR) is 129 cm³/mol. The number of carbonyl (C=O) groups excluding carboxylic acids is 2. The molecule has 1 aromatic heterocycles. The SMILES string of the molecule is COc1ccccc1C(=O)NCc1ccc(-c2nn(C3CCC4C[C@@H]4C3)c(N)c2C(N)=O)cc1. The van der Waals surface area contributed by atoms with Crippen LogP contribution in [0.3, 0.4) is 0 Å². The smallest absolute Gasteiger partial charge is 0.255 e. The highest BCUT2D eigenvalue weighted by Gasteiger charge is 2.43. The van der Waals surface area contributed by atoms with Crippen molar-refractivity contribution in [2.24, 2.45) is 17.6 Å². The number of primary amides is 1. The fourth-order valence-corrected chi connectivity index (χ4v) is 5.11. The quantitative estimate of drug-likeness (QED) is 0.498. The van der Waals surface area contributed by atoms with E-state index in [2.05, 4.69) is 5.32 Å². The van der Waals surface area contributed by atoms with Gasteiger partial charge in [0.15, 0.2) is 0 Å². The van der Waals surface area contributed by atoms with Crippen molar-refractivity contribution in [3.05, 3.63) is 65.2 Å². The molecule has 0 spiro atoms. The Hall–Kier alpha value is -3.81. The van der Waals surface area contributed by atoms with Crippen LogP contribution < -0.4 is 21.5 Å². The van der Waals surface area contributed by atoms with Crippen molar-refractivity contribution in [2.75, 3.05) is 12.8 Å². The third kappa shape index (κ3) is 4.11. The molecule has 8 nitrogen and oxygen atoms in total. The molecule has 2 amide bonds. The summed E-state index contributed by atoms with van der Waals surface area (Å²) >= 11 is 0. The molecule has 3 atom stereocenters. The number of benzene rings is 2. The second kappa shape index (κ2) is 8.85. The molecule has 2 unspecified atom stereocenters. The van der Waals surface area contributed by atoms with Crippen molar-refractivity contribution in [3.8, 4) is 17.0 Å². The third-order valence-electron chi connectivity index (χ3n) is 7.09. The summed E-state index contributed by atoms with van der Waals surface area (Å²) in [6, 6.07) is 14.8. The first kappa shape index (κ1) is 22.0. The van der Waals surface area contributed by atoms with Crippen LogP contribution in [0.4, 0.5) is 5.82 Å². The Morgan fingerprint density at radius 3 is 2.56 bits per heavy atom. The van der Waals surface area contributed by atoms with Crippen molar-refractivity contribution in [1.29, 1.82) is 0 Å². The number of rotatable bonds is 7. The van der Waals surface area contributed by atoms with Crippen LogP contribution >= 0.6 is 0 Å². The van der Waals surface area contributed by atoms with Crippen LogP contribution in [0.1, 0.15) is 58.0 Å². The molecule has 34 heavy (non-hydrogen) atoms. The molecule has 0 radical (unpaired) electrons. The predicted octanol–water partition coefficient (Wildman–Crippen LogP) is 3.53. The lowest BCUT2D eigenvalue weighted by Crippen LogP contribution is -2.23. The molecule has 2 aliphatic rings. The summed E-state index contributed by atoms with van der Waals surface area (Å²) in [7, 11) is 1.54. The number of hydrogen-bond donors (Lipinski definition) is 3. The Balaban J connectivity index is 1.33. The summed E-state index contributed by atoms with van der Waals surface area (Å²) in [6.45, 7) is 0.348. The van der Waals surface area contributed by atoms with E-state index in [0.717, 1.165) is 35.8 Å². The summed E-state index contributed by atoms with van der Waals surface area (Å²) in [4.78, 5) is 24.8. The van der Waals surface area contributed by atoms with Crippen LogP contribution in [-0.4, -0.2) is 28.7 Å². The van der Waals surface area contributed by atoms with Gasteiger partial charge in [-0.1, -0.05) is 36.4 Å². The number of para-hydroxylation sites is 1. The third-order valence-corrected chi connectivity index (χ3v) is 7.09. The number of carbonyl (C=O) groups is 2. The first-order chi connectivity index (χ1) is 16.5. The van der Waals surface area contributed by atoms with E-state index in [1.54, 1.807) is 18.2 Å². The zero-order valence-electron chi connectivity index (χ0n) is 19.2. The molecule has 2 fully saturated rings.